The summed E-state index contributed by atoms with van der Waals surface area (Å²) >= 11 is 0. The standard InChI is InChI=1S/C17H23N3/c1-4-6-16(7-5-2)19-10-12-20(13-11-19)17-14-15(3)8-9-18-17/h4-9,14H,1,10-13H2,2-3H3. The van der Waals surface area contributed by atoms with E-state index in [0.717, 1.165) is 32.0 Å². The Morgan fingerprint density at radius 1 is 1.30 bits per heavy atom. The minimum Gasteiger partial charge on any atom is -0.368 e. The van der Waals surface area contributed by atoms with E-state index in [4.69, 9.17) is 0 Å². The molecule has 1 saturated heterocycles. The normalized spacial score (nSPS) is 16.8. The van der Waals surface area contributed by atoms with Crippen LogP contribution in [-0.4, -0.2) is 36.1 Å². The molecular weight excluding hydrogens is 246 g/mol. The minimum atomic E-state index is 1.00. The van der Waals surface area contributed by atoms with Crippen LogP contribution in [0.25, 0.3) is 0 Å². The third kappa shape index (κ3) is 3.50. The van der Waals surface area contributed by atoms with Gasteiger partial charge in [-0.15, -0.1) is 0 Å². The molecule has 0 radical (unpaired) electrons. The monoisotopic (exact) mass is 269 g/mol. The lowest BCUT2D eigenvalue weighted by molar-refractivity contribution is 0.329. The van der Waals surface area contributed by atoms with Gasteiger partial charge in [0.15, 0.2) is 0 Å². The summed E-state index contributed by atoms with van der Waals surface area (Å²) in [6, 6.07) is 4.19. The number of pyridine rings is 1. The van der Waals surface area contributed by atoms with E-state index in [1.165, 1.54) is 11.3 Å². The number of piperazine rings is 1. The Balaban J connectivity index is 2.01. The topological polar surface area (TPSA) is 19.4 Å². The quantitative estimate of drug-likeness (QED) is 0.783. The van der Waals surface area contributed by atoms with Crippen molar-refractivity contribution in [2.75, 3.05) is 31.1 Å². The van der Waals surface area contributed by atoms with Crippen LogP contribution in [0.4, 0.5) is 5.82 Å². The number of aromatic nitrogens is 1. The second kappa shape index (κ2) is 6.94. The Hall–Kier alpha value is -2.03. The molecule has 1 fully saturated rings. The summed E-state index contributed by atoms with van der Waals surface area (Å²) in [6.07, 6.45) is 10.0. The van der Waals surface area contributed by atoms with Crippen LogP contribution < -0.4 is 4.90 Å². The summed E-state index contributed by atoms with van der Waals surface area (Å²) < 4.78 is 0. The smallest absolute Gasteiger partial charge is 0.128 e. The van der Waals surface area contributed by atoms with Gasteiger partial charge < -0.3 is 9.80 Å². The summed E-state index contributed by atoms with van der Waals surface area (Å²) in [5, 5.41) is 0. The molecule has 1 aliphatic heterocycles. The van der Waals surface area contributed by atoms with Crippen molar-refractivity contribution in [3.05, 3.63) is 60.5 Å². The highest BCUT2D eigenvalue weighted by Gasteiger charge is 2.18. The Kier molecular flexibility index (Phi) is 4.99. The lowest BCUT2D eigenvalue weighted by Crippen LogP contribution is -2.46. The lowest BCUT2D eigenvalue weighted by Gasteiger charge is -2.37. The van der Waals surface area contributed by atoms with Crippen molar-refractivity contribution >= 4 is 5.82 Å². The van der Waals surface area contributed by atoms with Crippen LogP contribution in [0.15, 0.2) is 54.9 Å². The molecule has 3 heteroatoms. The van der Waals surface area contributed by atoms with E-state index in [2.05, 4.69) is 52.6 Å². The predicted molar refractivity (Wildman–Crippen MR) is 85.9 cm³/mol. The van der Waals surface area contributed by atoms with Crippen molar-refractivity contribution in [1.29, 1.82) is 0 Å². The molecule has 0 aliphatic carbocycles. The molecule has 3 nitrogen and oxygen atoms in total. The molecule has 106 valence electrons. The van der Waals surface area contributed by atoms with Gasteiger partial charge in [0.05, 0.1) is 0 Å². The number of hydrogen-bond donors (Lipinski definition) is 0. The number of hydrogen-bond acceptors (Lipinski definition) is 3. The minimum absolute atomic E-state index is 1.00. The fraction of sp³-hybridized carbons (Fsp3) is 0.353. The first kappa shape index (κ1) is 14.4. The first-order chi connectivity index (χ1) is 9.74. The van der Waals surface area contributed by atoms with Gasteiger partial charge in [-0.25, -0.2) is 4.98 Å². The maximum Gasteiger partial charge on any atom is 0.128 e. The van der Waals surface area contributed by atoms with E-state index in [1.807, 2.05) is 25.3 Å². The number of allylic oxidation sites excluding steroid dienone is 4. The number of anilines is 1. The molecule has 0 saturated carbocycles. The molecule has 1 aliphatic rings. The second-order valence-electron chi connectivity index (χ2n) is 4.99. The SMILES string of the molecule is C=CC=C(C=CC)N1CCN(c2cc(C)ccn2)CC1. The second-order valence-corrected chi connectivity index (χ2v) is 4.99. The van der Waals surface area contributed by atoms with E-state index in [-0.39, 0.29) is 0 Å². The van der Waals surface area contributed by atoms with Crippen LogP contribution in [-0.2, 0) is 0 Å². The Morgan fingerprint density at radius 2 is 2.05 bits per heavy atom. The van der Waals surface area contributed by atoms with E-state index >= 15 is 0 Å². The van der Waals surface area contributed by atoms with Crippen molar-refractivity contribution in [3.63, 3.8) is 0 Å². The van der Waals surface area contributed by atoms with Crippen LogP contribution in [0.5, 0.6) is 0 Å². The molecule has 1 aromatic heterocycles. The molecule has 0 aromatic carbocycles. The summed E-state index contributed by atoms with van der Waals surface area (Å²) in [4.78, 5) is 9.22. The first-order valence-electron chi connectivity index (χ1n) is 7.12. The molecule has 2 rings (SSSR count). The van der Waals surface area contributed by atoms with Gasteiger partial charge in [-0.05, 0) is 43.7 Å². The third-order valence-electron chi connectivity index (χ3n) is 3.50. The highest BCUT2D eigenvalue weighted by atomic mass is 15.3. The maximum absolute atomic E-state index is 4.47. The summed E-state index contributed by atoms with van der Waals surface area (Å²) in [5.41, 5.74) is 2.50. The Morgan fingerprint density at radius 3 is 2.65 bits per heavy atom. The molecule has 0 amide bonds. The zero-order chi connectivity index (χ0) is 14.4. The Bertz CT molecular complexity index is 509. The van der Waals surface area contributed by atoms with Crippen molar-refractivity contribution in [2.45, 2.75) is 13.8 Å². The van der Waals surface area contributed by atoms with Gasteiger partial charge >= 0.3 is 0 Å². The van der Waals surface area contributed by atoms with Crippen LogP contribution in [0.2, 0.25) is 0 Å². The fourth-order valence-electron chi connectivity index (χ4n) is 2.44. The predicted octanol–water partition coefficient (Wildman–Crippen LogP) is 3.16. The highest BCUT2D eigenvalue weighted by Crippen LogP contribution is 2.17. The van der Waals surface area contributed by atoms with E-state index in [1.54, 1.807) is 0 Å². The van der Waals surface area contributed by atoms with Crippen molar-refractivity contribution in [1.82, 2.24) is 9.88 Å². The van der Waals surface area contributed by atoms with Gasteiger partial charge in [0.1, 0.15) is 5.82 Å². The zero-order valence-electron chi connectivity index (χ0n) is 12.4. The van der Waals surface area contributed by atoms with Crippen molar-refractivity contribution < 1.29 is 0 Å². The number of aryl methyl sites for hydroxylation is 1. The average Bonchev–Trinajstić information content (AvgIpc) is 2.47. The average molecular weight is 269 g/mol. The molecule has 0 atom stereocenters. The van der Waals surface area contributed by atoms with Gasteiger partial charge in [-0.1, -0.05) is 18.7 Å². The summed E-state index contributed by atoms with van der Waals surface area (Å²) in [6.45, 7) is 12.0. The summed E-state index contributed by atoms with van der Waals surface area (Å²) in [7, 11) is 0. The van der Waals surface area contributed by atoms with E-state index < -0.39 is 0 Å². The number of rotatable bonds is 4. The number of nitrogens with zero attached hydrogens (tertiary/aromatic N) is 3. The van der Waals surface area contributed by atoms with E-state index in [0.29, 0.717) is 0 Å². The largest absolute Gasteiger partial charge is 0.368 e. The molecule has 0 unspecified atom stereocenters. The van der Waals surface area contributed by atoms with Crippen LogP contribution in [0, 0.1) is 6.92 Å². The van der Waals surface area contributed by atoms with Crippen LogP contribution in [0.3, 0.4) is 0 Å². The first-order valence-corrected chi connectivity index (χ1v) is 7.12. The molecule has 0 spiro atoms. The van der Waals surface area contributed by atoms with Gasteiger partial charge in [-0.3, -0.25) is 0 Å². The van der Waals surface area contributed by atoms with Gasteiger partial charge in [0.25, 0.3) is 0 Å². The third-order valence-corrected chi connectivity index (χ3v) is 3.50. The van der Waals surface area contributed by atoms with Crippen LogP contribution >= 0.6 is 0 Å². The molecule has 2 heterocycles. The van der Waals surface area contributed by atoms with Crippen molar-refractivity contribution in [2.24, 2.45) is 0 Å². The molecule has 20 heavy (non-hydrogen) atoms. The van der Waals surface area contributed by atoms with Crippen molar-refractivity contribution in [3.8, 4) is 0 Å². The molecule has 0 bridgehead atoms. The fourth-order valence-corrected chi connectivity index (χ4v) is 2.44. The zero-order valence-corrected chi connectivity index (χ0v) is 12.4. The molecular formula is C17H23N3. The maximum atomic E-state index is 4.47. The summed E-state index contributed by atoms with van der Waals surface area (Å²) in [5.74, 6) is 1.09. The van der Waals surface area contributed by atoms with E-state index in [9.17, 15) is 0 Å². The van der Waals surface area contributed by atoms with Gasteiger partial charge in [-0.2, -0.15) is 0 Å². The lowest BCUT2D eigenvalue weighted by atomic mass is 10.2. The van der Waals surface area contributed by atoms with Gasteiger partial charge in [0.2, 0.25) is 0 Å². The highest BCUT2D eigenvalue weighted by molar-refractivity contribution is 5.41. The molecule has 0 N–H and O–H groups in total. The van der Waals surface area contributed by atoms with Gasteiger partial charge in [0, 0.05) is 38.1 Å². The Labute approximate surface area is 121 Å². The molecule has 1 aromatic rings. The van der Waals surface area contributed by atoms with Crippen LogP contribution in [0.1, 0.15) is 12.5 Å².